The summed E-state index contributed by atoms with van der Waals surface area (Å²) < 4.78 is 40.8. The normalized spacial score (nSPS) is 23.1. The van der Waals surface area contributed by atoms with Crippen molar-refractivity contribution in [3.63, 3.8) is 0 Å². The minimum absolute atomic E-state index is 0.0177. The van der Waals surface area contributed by atoms with Gasteiger partial charge >= 0.3 is 16.2 Å². The maximum absolute atomic E-state index is 14.7. The maximum atomic E-state index is 14.7. The van der Waals surface area contributed by atoms with E-state index in [1.807, 2.05) is 22.2 Å². The topological polar surface area (TPSA) is 204 Å². The molecule has 3 aromatic rings. The minimum atomic E-state index is -4.25. The average molecular weight is 797 g/mol. The number of carbonyl (C=O) groups is 4. The molecule has 0 unspecified atom stereocenters. The second-order valence-corrected chi connectivity index (χ2v) is 18.0. The maximum Gasteiger partial charge on any atom is 0.319 e. The van der Waals surface area contributed by atoms with Crippen LogP contribution in [0, 0.1) is 17.3 Å². The Bertz CT molecular complexity index is 2040. The van der Waals surface area contributed by atoms with Crippen LogP contribution in [-0.4, -0.2) is 94.4 Å². The van der Waals surface area contributed by atoms with Crippen molar-refractivity contribution in [2.24, 2.45) is 17.3 Å². The summed E-state index contributed by atoms with van der Waals surface area (Å²) in [6.07, 6.45) is 5.34. The molecule has 1 saturated heterocycles. The van der Waals surface area contributed by atoms with E-state index < -0.39 is 74.8 Å². The number of ether oxygens (including phenoxy) is 2. The lowest BCUT2D eigenvalue weighted by molar-refractivity contribution is -0.169. The molecule has 5 atom stereocenters. The van der Waals surface area contributed by atoms with Gasteiger partial charge in [-0.15, -0.1) is 23.0 Å². The van der Waals surface area contributed by atoms with E-state index in [1.165, 1.54) is 27.1 Å². The Balaban J connectivity index is 1.35. The number of esters is 1. The molecule has 16 nitrogen and oxygen atoms in total. The van der Waals surface area contributed by atoms with Crippen LogP contribution in [0.2, 0.25) is 0 Å². The van der Waals surface area contributed by atoms with E-state index in [0.717, 1.165) is 12.0 Å². The fourth-order valence-corrected chi connectivity index (χ4v) is 8.72. The second-order valence-electron chi connectivity index (χ2n) is 15.7. The number of hydrogen-bond acceptors (Lipinski definition) is 12. The van der Waals surface area contributed by atoms with Crippen LogP contribution in [0.15, 0.2) is 48.5 Å². The molecule has 55 heavy (non-hydrogen) atoms. The number of methoxy groups -OCH3 is 1. The number of carbonyl (C=O) groups excluding carboxylic acids is 4. The van der Waals surface area contributed by atoms with Crippen molar-refractivity contribution in [2.75, 3.05) is 13.7 Å². The first-order chi connectivity index (χ1) is 26.0. The number of hydrogen-bond donors (Lipinski definition) is 3. The van der Waals surface area contributed by atoms with Crippen molar-refractivity contribution < 1.29 is 37.1 Å². The lowest BCUT2D eigenvalue weighted by atomic mass is 9.79. The van der Waals surface area contributed by atoms with Gasteiger partial charge in [0.25, 0.3) is 5.91 Å². The Kier molecular flexibility index (Phi) is 11.2. The fourth-order valence-electron chi connectivity index (χ4n) is 6.99. The summed E-state index contributed by atoms with van der Waals surface area (Å²) in [7, 11) is -2.68. The lowest BCUT2D eigenvalue weighted by Gasteiger charge is -2.35. The Morgan fingerprint density at radius 3 is 2.33 bits per heavy atom. The zero-order valence-corrected chi connectivity index (χ0v) is 33.4. The smallest absolute Gasteiger partial charge is 0.319 e. The molecule has 0 bridgehead atoms. The minimum Gasteiger partial charge on any atom is -0.497 e. The first-order valence-electron chi connectivity index (χ1n) is 18.3. The van der Waals surface area contributed by atoms with E-state index in [1.54, 1.807) is 60.1 Å². The summed E-state index contributed by atoms with van der Waals surface area (Å²) in [6, 6.07) is 4.96. The Morgan fingerprint density at radius 1 is 1.09 bits per heavy atom. The fraction of sp³-hybridized carbons (Fsp3) is 0.541. The molecule has 3 amide bonds. The highest BCUT2D eigenvalue weighted by atomic mass is 32.2. The van der Waals surface area contributed by atoms with Crippen molar-refractivity contribution in [3.05, 3.63) is 48.5 Å². The summed E-state index contributed by atoms with van der Waals surface area (Å²) in [4.78, 5) is 63.6. The largest absolute Gasteiger partial charge is 0.497 e. The molecule has 296 valence electrons. The van der Waals surface area contributed by atoms with Crippen LogP contribution >= 0.6 is 11.3 Å². The van der Waals surface area contributed by atoms with Gasteiger partial charge in [-0.05, 0) is 69.2 Å². The third kappa shape index (κ3) is 8.45. The van der Waals surface area contributed by atoms with Crippen LogP contribution < -0.4 is 19.5 Å². The third-order valence-corrected chi connectivity index (χ3v) is 12.2. The Morgan fingerprint density at radius 2 is 1.78 bits per heavy atom. The van der Waals surface area contributed by atoms with Crippen molar-refractivity contribution in [2.45, 2.75) is 96.5 Å². The molecular formula is C37H48N8O8S2. The molecule has 3 heterocycles. The van der Waals surface area contributed by atoms with Gasteiger partial charge in [0.1, 0.15) is 45.7 Å². The van der Waals surface area contributed by atoms with Gasteiger partial charge in [-0.2, -0.15) is 23.0 Å². The zero-order valence-electron chi connectivity index (χ0n) is 31.8. The standard InChI is InChI=1S/C37H48N8O8S2/c1-8-23-19-37(23,35(49)43-55(50,51)42-21(2)3)39-31(46)27-18-24(20-44(27)33(47)28(36(4,5)6)34(48)53-26-10-9-11-26)45-40-29(22-12-14-25(52-7)15-13-22)30(41-45)32-38-16-17-54-32/h8,12-17,21,23-24,26-28,42H,1,9-11,18-20H2,2-7H3,(H,39,46)(H,43,49)/t23-,24-,27+,28-,37+/m1/s1. The number of amides is 3. The third-order valence-electron chi connectivity index (χ3n) is 10.2. The quantitative estimate of drug-likeness (QED) is 0.123. The van der Waals surface area contributed by atoms with E-state index in [9.17, 15) is 27.6 Å². The molecule has 2 aromatic heterocycles. The summed E-state index contributed by atoms with van der Waals surface area (Å²) in [5.41, 5.74) is -0.750. The molecule has 3 aliphatic rings. The van der Waals surface area contributed by atoms with E-state index in [4.69, 9.17) is 19.7 Å². The number of aromatic nitrogens is 4. The summed E-state index contributed by atoms with van der Waals surface area (Å²) in [5, 5.41) is 14.9. The molecule has 3 fully saturated rings. The van der Waals surface area contributed by atoms with Gasteiger partial charge in [-0.1, -0.05) is 26.8 Å². The van der Waals surface area contributed by atoms with E-state index in [0.29, 0.717) is 35.0 Å². The first kappa shape index (κ1) is 40.0. The van der Waals surface area contributed by atoms with Gasteiger partial charge < -0.3 is 19.7 Å². The summed E-state index contributed by atoms with van der Waals surface area (Å²) >= 11 is 1.38. The van der Waals surface area contributed by atoms with Crippen LogP contribution in [0.4, 0.5) is 0 Å². The molecule has 6 rings (SSSR count). The summed E-state index contributed by atoms with van der Waals surface area (Å²) in [6.45, 7) is 12.2. The van der Waals surface area contributed by atoms with Crippen LogP contribution in [0.25, 0.3) is 22.0 Å². The molecule has 2 saturated carbocycles. The van der Waals surface area contributed by atoms with Crippen molar-refractivity contribution >= 4 is 45.2 Å². The monoisotopic (exact) mass is 796 g/mol. The average Bonchev–Trinajstić information content (AvgIpc) is 3.53. The highest BCUT2D eigenvalue weighted by Crippen LogP contribution is 2.46. The molecular weight excluding hydrogens is 749 g/mol. The van der Waals surface area contributed by atoms with Gasteiger partial charge in [0, 0.05) is 42.1 Å². The molecule has 18 heteroatoms. The number of benzene rings is 1. The molecule has 1 aliphatic heterocycles. The van der Waals surface area contributed by atoms with E-state index >= 15 is 0 Å². The van der Waals surface area contributed by atoms with E-state index in [2.05, 4.69) is 21.6 Å². The van der Waals surface area contributed by atoms with Crippen LogP contribution in [0.5, 0.6) is 5.75 Å². The van der Waals surface area contributed by atoms with Crippen molar-refractivity contribution in [1.82, 2.24) is 39.6 Å². The predicted molar refractivity (Wildman–Crippen MR) is 203 cm³/mol. The predicted octanol–water partition coefficient (Wildman–Crippen LogP) is 3.40. The molecule has 3 N–H and O–H groups in total. The van der Waals surface area contributed by atoms with Gasteiger partial charge in [0.15, 0.2) is 0 Å². The lowest BCUT2D eigenvalue weighted by Crippen LogP contribution is -2.58. The molecule has 2 aliphatic carbocycles. The van der Waals surface area contributed by atoms with Gasteiger partial charge in [0.2, 0.25) is 11.8 Å². The molecule has 1 aromatic carbocycles. The van der Waals surface area contributed by atoms with Crippen molar-refractivity contribution in [1.29, 1.82) is 0 Å². The van der Waals surface area contributed by atoms with Gasteiger partial charge in [-0.25, -0.2) is 9.71 Å². The SMILES string of the molecule is C=C[C@@H]1C[C@@]1(NC(=O)[C@@H]1C[C@@H](n2nc(-c3ccc(OC)cc3)c(-c3nccs3)n2)CN1C(=O)[C@H](C(=O)OC1CCC1)C(C)(C)C)C(=O)NS(=O)(=O)NC(C)C. The number of nitrogens with zero attached hydrogens (tertiary/aromatic N) is 5. The number of likely N-dealkylation sites (tertiary alicyclic amines) is 1. The zero-order chi connectivity index (χ0) is 39.9. The van der Waals surface area contributed by atoms with Crippen LogP contribution in [0.3, 0.4) is 0 Å². The van der Waals surface area contributed by atoms with Crippen LogP contribution in [-0.2, 0) is 34.1 Å². The van der Waals surface area contributed by atoms with Gasteiger partial charge in [-0.3, -0.25) is 19.2 Å². The van der Waals surface area contributed by atoms with Crippen LogP contribution in [0.1, 0.15) is 72.8 Å². The van der Waals surface area contributed by atoms with E-state index in [-0.39, 0.29) is 25.5 Å². The Labute approximate surface area is 324 Å². The number of thiazole rings is 1. The first-order valence-corrected chi connectivity index (χ1v) is 20.6. The highest BCUT2D eigenvalue weighted by Gasteiger charge is 2.62. The number of rotatable bonds is 14. The number of nitrogens with one attached hydrogen (secondary N) is 3. The summed E-state index contributed by atoms with van der Waals surface area (Å²) in [5.74, 6) is -4.08. The highest BCUT2D eigenvalue weighted by molar-refractivity contribution is 7.88. The van der Waals surface area contributed by atoms with Crippen molar-refractivity contribution in [3.8, 4) is 27.7 Å². The van der Waals surface area contributed by atoms with Gasteiger partial charge in [0.05, 0.1) is 13.2 Å². The molecule has 0 spiro atoms. The molecule has 0 radical (unpaired) electrons. The Hall–Kier alpha value is -4.68. The second kappa shape index (κ2) is 15.5.